The topological polar surface area (TPSA) is 46.8 Å². The first kappa shape index (κ1) is 23.0. The molecule has 1 amide bonds. The number of benzene rings is 3. The van der Waals surface area contributed by atoms with Crippen molar-refractivity contribution in [2.24, 2.45) is 4.99 Å². The first-order valence-electron chi connectivity index (χ1n) is 11.6. The highest BCUT2D eigenvalue weighted by Gasteiger charge is 2.33. The maximum Gasteiger partial charge on any atom is 0.267 e. The SMILES string of the molecule is COc1ccc(CN2C(=O)/C(=C/c3cn(C(C)C)c4ccccc34)SC2=Nc2ccccc2)cc1. The van der Waals surface area contributed by atoms with Crippen LogP contribution in [0.25, 0.3) is 17.0 Å². The van der Waals surface area contributed by atoms with Gasteiger partial charge in [0.05, 0.1) is 24.2 Å². The number of aromatic nitrogens is 1. The highest BCUT2D eigenvalue weighted by atomic mass is 32.2. The van der Waals surface area contributed by atoms with Crippen LogP contribution >= 0.6 is 11.8 Å². The van der Waals surface area contributed by atoms with Gasteiger partial charge < -0.3 is 9.30 Å². The van der Waals surface area contributed by atoms with Crippen LogP contribution in [0, 0.1) is 0 Å². The summed E-state index contributed by atoms with van der Waals surface area (Å²) in [5.41, 5.74) is 4.03. The van der Waals surface area contributed by atoms with Gasteiger partial charge in [0.2, 0.25) is 0 Å². The minimum absolute atomic E-state index is 0.0399. The fourth-order valence-corrected chi connectivity index (χ4v) is 5.16. The number of fused-ring (bicyclic) bond motifs is 1. The number of hydrogen-bond donors (Lipinski definition) is 0. The lowest BCUT2D eigenvalue weighted by Gasteiger charge is -2.16. The summed E-state index contributed by atoms with van der Waals surface area (Å²) in [6, 6.07) is 26.2. The van der Waals surface area contributed by atoms with Crippen LogP contribution in [0.4, 0.5) is 5.69 Å². The average molecular weight is 482 g/mol. The molecule has 0 aliphatic carbocycles. The summed E-state index contributed by atoms with van der Waals surface area (Å²) in [5.74, 6) is 0.748. The molecule has 3 aromatic carbocycles. The average Bonchev–Trinajstić information content (AvgIpc) is 3.39. The first-order valence-corrected chi connectivity index (χ1v) is 12.4. The molecule has 4 aromatic rings. The van der Waals surface area contributed by atoms with Crippen molar-refractivity contribution in [1.29, 1.82) is 0 Å². The zero-order chi connectivity index (χ0) is 24.4. The number of para-hydroxylation sites is 2. The molecule has 2 heterocycles. The summed E-state index contributed by atoms with van der Waals surface area (Å²) in [4.78, 5) is 20.9. The fourth-order valence-electron chi connectivity index (χ4n) is 4.17. The summed E-state index contributed by atoms with van der Waals surface area (Å²) in [6.07, 6.45) is 4.14. The highest BCUT2D eigenvalue weighted by molar-refractivity contribution is 8.18. The largest absolute Gasteiger partial charge is 0.497 e. The smallest absolute Gasteiger partial charge is 0.267 e. The van der Waals surface area contributed by atoms with Crippen LogP contribution in [0.1, 0.15) is 31.0 Å². The maximum atomic E-state index is 13.6. The summed E-state index contributed by atoms with van der Waals surface area (Å²) >= 11 is 1.42. The Morgan fingerprint density at radius 2 is 1.69 bits per heavy atom. The minimum Gasteiger partial charge on any atom is -0.497 e. The van der Waals surface area contributed by atoms with E-state index in [1.165, 1.54) is 11.8 Å². The third-order valence-corrected chi connectivity index (χ3v) is 6.99. The molecule has 0 spiro atoms. The Balaban J connectivity index is 1.54. The number of nitrogens with zero attached hydrogens (tertiary/aromatic N) is 3. The molecule has 1 fully saturated rings. The molecular weight excluding hydrogens is 454 g/mol. The Bertz CT molecular complexity index is 1420. The predicted octanol–water partition coefficient (Wildman–Crippen LogP) is 7.04. The number of methoxy groups -OCH3 is 1. The number of aliphatic imine (C=N–C) groups is 1. The van der Waals surface area contributed by atoms with Gasteiger partial charge in [-0.3, -0.25) is 9.69 Å². The molecule has 0 saturated carbocycles. The highest BCUT2D eigenvalue weighted by Crippen LogP contribution is 2.37. The number of carbonyl (C=O) groups is 1. The van der Waals surface area contributed by atoms with Crippen LogP contribution < -0.4 is 4.74 Å². The molecule has 0 unspecified atom stereocenters. The zero-order valence-corrected chi connectivity index (χ0v) is 20.8. The minimum atomic E-state index is -0.0399. The van der Waals surface area contributed by atoms with Crippen molar-refractivity contribution in [1.82, 2.24) is 9.47 Å². The summed E-state index contributed by atoms with van der Waals surface area (Å²) in [5, 5.41) is 1.81. The Morgan fingerprint density at radius 1 is 0.971 bits per heavy atom. The van der Waals surface area contributed by atoms with E-state index in [1.807, 2.05) is 66.7 Å². The molecule has 5 rings (SSSR count). The molecule has 1 saturated heterocycles. The summed E-state index contributed by atoms with van der Waals surface area (Å²) < 4.78 is 7.53. The molecule has 6 heteroatoms. The Hall–Kier alpha value is -3.77. The van der Waals surface area contributed by atoms with Gasteiger partial charge in [0.1, 0.15) is 5.75 Å². The van der Waals surface area contributed by atoms with Crippen LogP contribution in [-0.2, 0) is 11.3 Å². The monoisotopic (exact) mass is 481 g/mol. The van der Waals surface area contributed by atoms with E-state index in [1.54, 1.807) is 12.0 Å². The fraction of sp³-hybridized carbons (Fsp3) is 0.172. The number of carbonyl (C=O) groups excluding carboxylic acids is 1. The predicted molar refractivity (Wildman–Crippen MR) is 145 cm³/mol. The third-order valence-electron chi connectivity index (χ3n) is 5.98. The second-order valence-corrected chi connectivity index (χ2v) is 9.69. The molecule has 5 nitrogen and oxygen atoms in total. The molecule has 0 radical (unpaired) electrons. The maximum absolute atomic E-state index is 13.6. The third kappa shape index (κ3) is 4.75. The molecule has 1 aliphatic rings. The number of rotatable bonds is 6. The van der Waals surface area contributed by atoms with E-state index >= 15 is 0 Å². The van der Waals surface area contributed by atoms with Gasteiger partial charge >= 0.3 is 0 Å². The number of thioether (sulfide) groups is 1. The van der Waals surface area contributed by atoms with Crippen LogP contribution in [0.2, 0.25) is 0 Å². The Morgan fingerprint density at radius 3 is 2.40 bits per heavy atom. The van der Waals surface area contributed by atoms with Crippen molar-refractivity contribution in [2.75, 3.05) is 7.11 Å². The molecule has 0 N–H and O–H groups in total. The molecule has 0 bridgehead atoms. The standard InChI is InChI=1S/C29H27N3O2S/c1-20(2)31-19-22(25-11-7-8-12-26(25)31)17-27-28(33)32(18-21-13-15-24(34-3)16-14-21)29(35-27)30-23-9-5-4-6-10-23/h4-17,19-20H,18H2,1-3H3/b27-17-,30-29?. The van der Waals surface area contributed by atoms with Gasteiger partial charge in [0.15, 0.2) is 5.17 Å². The van der Waals surface area contributed by atoms with Crippen molar-refractivity contribution in [3.8, 4) is 5.75 Å². The number of amides is 1. The second-order valence-electron chi connectivity index (χ2n) is 8.68. The van der Waals surface area contributed by atoms with E-state index in [-0.39, 0.29) is 5.91 Å². The Kier molecular flexibility index (Phi) is 6.47. The quantitative estimate of drug-likeness (QED) is 0.278. The van der Waals surface area contributed by atoms with Gasteiger partial charge in [-0.05, 0) is 67.6 Å². The van der Waals surface area contributed by atoms with Gasteiger partial charge in [0, 0.05) is 28.7 Å². The molecule has 0 atom stereocenters. The lowest BCUT2D eigenvalue weighted by atomic mass is 10.1. The second kappa shape index (κ2) is 9.84. The lowest BCUT2D eigenvalue weighted by molar-refractivity contribution is -0.122. The van der Waals surface area contributed by atoms with Gasteiger partial charge in [-0.15, -0.1) is 0 Å². The van der Waals surface area contributed by atoms with E-state index in [0.29, 0.717) is 22.7 Å². The zero-order valence-electron chi connectivity index (χ0n) is 20.0. The van der Waals surface area contributed by atoms with Crippen molar-refractivity contribution in [2.45, 2.75) is 26.4 Å². The number of hydrogen-bond acceptors (Lipinski definition) is 4. The lowest BCUT2D eigenvalue weighted by Crippen LogP contribution is -2.28. The molecular formula is C29H27N3O2S. The van der Waals surface area contributed by atoms with Crippen LogP contribution in [0.15, 0.2) is 95.0 Å². The molecule has 1 aliphatic heterocycles. The molecule has 35 heavy (non-hydrogen) atoms. The molecule has 176 valence electrons. The van der Waals surface area contributed by atoms with Gasteiger partial charge in [-0.1, -0.05) is 48.5 Å². The summed E-state index contributed by atoms with van der Waals surface area (Å²) in [6.45, 7) is 4.77. The first-order chi connectivity index (χ1) is 17.0. The van der Waals surface area contributed by atoms with Crippen molar-refractivity contribution < 1.29 is 9.53 Å². The summed E-state index contributed by atoms with van der Waals surface area (Å²) in [7, 11) is 1.65. The number of ether oxygens (including phenoxy) is 1. The van der Waals surface area contributed by atoms with Crippen LogP contribution in [0.3, 0.4) is 0 Å². The molecule has 1 aromatic heterocycles. The normalized spacial score (nSPS) is 16.2. The van der Waals surface area contributed by atoms with E-state index < -0.39 is 0 Å². The number of amidine groups is 1. The van der Waals surface area contributed by atoms with Crippen molar-refractivity contribution in [3.05, 3.63) is 101 Å². The van der Waals surface area contributed by atoms with E-state index in [2.05, 4.69) is 42.8 Å². The van der Waals surface area contributed by atoms with Gasteiger partial charge in [-0.2, -0.15) is 0 Å². The van der Waals surface area contributed by atoms with E-state index in [4.69, 9.17) is 9.73 Å². The van der Waals surface area contributed by atoms with Crippen molar-refractivity contribution in [3.63, 3.8) is 0 Å². The van der Waals surface area contributed by atoms with Gasteiger partial charge in [0.25, 0.3) is 5.91 Å². The van der Waals surface area contributed by atoms with E-state index in [0.717, 1.165) is 33.5 Å². The van der Waals surface area contributed by atoms with Crippen LogP contribution in [-0.4, -0.2) is 27.7 Å². The van der Waals surface area contributed by atoms with Gasteiger partial charge in [-0.25, -0.2) is 4.99 Å². The van der Waals surface area contributed by atoms with Crippen LogP contribution in [0.5, 0.6) is 5.75 Å². The Labute approximate surface area is 209 Å². The van der Waals surface area contributed by atoms with Crippen molar-refractivity contribution >= 4 is 45.5 Å². The van der Waals surface area contributed by atoms with E-state index in [9.17, 15) is 4.79 Å².